The number of carbonyl (C=O) groups is 3. The molecule has 0 bridgehead atoms. The number of unbranched alkanes of at least 4 members (excludes halogenated alkanes) is 4. The topological polar surface area (TPSA) is 60.4 Å². The van der Waals surface area contributed by atoms with Crippen LogP contribution in [0.2, 0.25) is 0 Å². The van der Waals surface area contributed by atoms with Gasteiger partial charge in [0.05, 0.1) is 12.3 Å². The van der Waals surface area contributed by atoms with Gasteiger partial charge in [-0.05, 0) is 32.6 Å². The summed E-state index contributed by atoms with van der Waals surface area (Å²) in [6.07, 6.45) is 10.8. The van der Waals surface area contributed by atoms with Crippen LogP contribution in [0.15, 0.2) is 12.2 Å². The minimum atomic E-state index is -0.408. The highest BCUT2D eigenvalue weighted by molar-refractivity contribution is 5.94. The maximum atomic E-state index is 11.2. The van der Waals surface area contributed by atoms with E-state index in [1.807, 2.05) is 6.08 Å². The van der Waals surface area contributed by atoms with Gasteiger partial charge >= 0.3 is 11.9 Å². The van der Waals surface area contributed by atoms with Gasteiger partial charge in [0.1, 0.15) is 5.78 Å². The van der Waals surface area contributed by atoms with E-state index in [0.29, 0.717) is 12.8 Å². The van der Waals surface area contributed by atoms with E-state index in [0.717, 1.165) is 32.1 Å². The Morgan fingerprint density at radius 1 is 1.21 bits per heavy atom. The van der Waals surface area contributed by atoms with E-state index in [1.165, 1.54) is 0 Å². The van der Waals surface area contributed by atoms with E-state index in [-0.39, 0.29) is 24.1 Å². The summed E-state index contributed by atoms with van der Waals surface area (Å²) in [5, 5.41) is 0. The lowest BCUT2D eigenvalue weighted by Gasteiger charge is -1.99. The molecule has 19 heavy (non-hydrogen) atoms. The molecule has 4 heteroatoms. The van der Waals surface area contributed by atoms with E-state index in [9.17, 15) is 14.4 Å². The lowest BCUT2D eigenvalue weighted by molar-refractivity contribution is -0.153. The van der Waals surface area contributed by atoms with Gasteiger partial charge in [-0.2, -0.15) is 0 Å². The lowest BCUT2D eigenvalue weighted by atomic mass is 10.0. The summed E-state index contributed by atoms with van der Waals surface area (Å²) in [6.45, 7) is 1.63. The van der Waals surface area contributed by atoms with Gasteiger partial charge in [-0.1, -0.05) is 25.0 Å². The zero-order chi connectivity index (χ0) is 14.1. The standard InChI is InChI=1S/C15H22O4/c1-12(16)9-7-5-3-2-4-6-8-10-13-11-14(17)19-15(13)18/h6,8,13H,2-5,7,9-11H2,1H3/b8-6+. The Balaban J connectivity index is 1.97. The Hall–Kier alpha value is -1.45. The molecule has 1 unspecified atom stereocenters. The van der Waals surface area contributed by atoms with Crippen LogP contribution in [0.1, 0.15) is 58.3 Å². The van der Waals surface area contributed by atoms with Crippen molar-refractivity contribution in [3.05, 3.63) is 12.2 Å². The maximum absolute atomic E-state index is 11.2. The van der Waals surface area contributed by atoms with Crippen molar-refractivity contribution >= 4 is 17.7 Å². The van der Waals surface area contributed by atoms with Crippen LogP contribution >= 0.6 is 0 Å². The molecular weight excluding hydrogens is 244 g/mol. The van der Waals surface area contributed by atoms with E-state index in [2.05, 4.69) is 10.8 Å². The van der Waals surface area contributed by atoms with Crippen LogP contribution in [0.5, 0.6) is 0 Å². The molecule has 0 spiro atoms. The zero-order valence-corrected chi connectivity index (χ0v) is 11.5. The van der Waals surface area contributed by atoms with Gasteiger partial charge in [0.15, 0.2) is 0 Å². The smallest absolute Gasteiger partial charge is 0.317 e. The highest BCUT2D eigenvalue weighted by Gasteiger charge is 2.31. The molecule has 0 N–H and O–H groups in total. The van der Waals surface area contributed by atoms with E-state index in [1.54, 1.807) is 6.92 Å². The Morgan fingerprint density at radius 3 is 2.58 bits per heavy atom. The average Bonchev–Trinajstić information content (AvgIpc) is 2.65. The molecular formula is C15H22O4. The number of rotatable bonds is 9. The third-order valence-corrected chi connectivity index (χ3v) is 3.20. The van der Waals surface area contributed by atoms with E-state index < -0.39 is 5.97 Å². The summed E-state index contributed by atoms with van der Waals surface area (Å²) < 4.78 is 4.48. The number of allylic oxidation sites excluding steroid dienone is 2. The minimum Gasteiger partial charge on any atom is -0.393 e. The normalized spacial score (nSPS) is 19.1. The van der Waals surface area contributed by atoms with Crippen LogP contribution < -0.4 is 0 Å². The summed E-state index contributed by atoms with van der Waals surface area (Å²) in [5.41, 5.74) is 0. The number of carbonyl (C=O) groups excluding carboxylic acids is 3. The molecule has 0 aromatic heterocycles. The minimum absolute atomic E-state index is 0.216. The largest absolute Gasteiger partial charge is 0.393 e. The van der Waals surface area contributed by atoms with Crippen molar-refractivity contribution in [2.75, 3.05) is 0 Å². The van der Waals surface area contributed by atoms with Crippen molar-refractivity contribution in [1.82, 2.24) is 0 Å². The van der Waals surface area contributed by atoms with Crippen LogP contribution in [0, 0.1) is 5.92 Å². The fraction of sp³-hybridized carbons (Fsp3) is 0.667. The van der Waals surface area contributed by atoms with Crippen LogP contribution in [-0.4, -0.2) is 17.7 Å². The van der Waals surface area contributed by atoms with Crippen molar-refractivity contribution in [2.24, 2.45) is 5.92 Å². The van der Waals surface area contributed by atoms with Crippen molar-refractivity contribution in [3.63, 3.8) is 0 Å². The number of cyclic esters (lactones) is 2. The molecule has 0 aromatic carbocycles. The second-order valence-electron chi connectivity index (χ2n) is 5.06. The van der Waals surface area contributed by atoms with Crippen LogP contribution in [0.3, 0.4) is 0 Å². The van der Waals surface area contributed by atoms with Crippen LogP contribution in [0.25, 0.3) is 0 Å². The summed E-state index contributed by atoms with van der Waals surface area (Å²) in [4.78, 5) is 32.8. The van der Waals surface area contributed by atoms with Gasteiger partial charge in [0.25, 0.3) is 0 Å². The van der Waals surface area contributed by atoms with Crippen molar-refractivity contribution < 1.29 is 19.1 Å². The Kier molecular flexibility index (Phi) is 7.08. The van der Waals surface area contributed by atoms with Gasteiger partial charge in [-0.3, -0.25) is 9.59 Å². The van der Waals surface area contributed by atoms with Crippen molar-refractivity contribution in [3.8, 4) is 0 Å². The van der Waals surface area contributed by atoms with Crippen LogP contribution in [0.4, 0.5) is 0 Å². The molecule has 1 heterocycles. The number of ketones is 1. The predicted molar refractivity (Wildman–Crippen MR) is 71.3 cm³/mol. The fourth-order valence-electron chi connectivity index (χ4n) is 2.07. The number of hydrogen-bond acceptors (Lipinski definition) is 4. The quantitative estimate of drug-likeness (QED) is 0.278. The number of Topliss-reactive ketones (excluding diaryl/α,β-unsaturated/α-hetero) is 1. The van der Waals surface area contributed by atoms with Gasteiger partial charge in [-0.15, -0.1) is 0 Å². The summed E-state index contributed by atoms with van der Waals surface area (Å²) >= 11 is 0. The number of ether oxygens (including phenoxy) is 1. The average molecular weight is 266 g/mol. The second-order valence-corrected chi connectivity index (χ2v) is 5.06. The first-order valence-electron chi connectivity index (χ1n) is 6.98. The highest BCUT2D eigenvalue weighted by atomic mass is 16.6. The lowest BCUT2D eigenvalue weighted by Crippen LogP contribution is -2.05. The van der Waals surface area contributed by atoms with Crippen LogP contribution in [-0.2, 0) is 19.1 Å². The fourth-order valence-corrected chi connectivity index (χ4v) is 2.07. The predicted octanol–water partition coefficient (Wildman–Crippen LogP) is 2.95. The molecule has 1 saturated heterocycles. The third kappa shape index (κ3) is 6.89. The number of hydrogen-bond donors (Lipinski definition) is 0. The first-order chi connectivity index (χ1) is 9.09. The van der Waals surface area contributed by atoms with Crippen molar-refractivity contribution in [2.45, 2.75) is 58.3 Å². The molecule has 1 aliphatic rings. The van der Waals surface area contributed by atoms with Gasteiger partial charge < -0.3 is 9.53 Å². The summed E-state index contributed by atoms with van der Waals surface area (Å²) in [7, 11) is 0. The van der Waals surface area contributed by atoms with Gasteiger partial charge in [-0.25, -0.2) is 0 Å². The molecule has 1 rings (SSSR count). The van der Waals surface area contributed by atoms with Crippen molar-refractivity contribution in [1.29, 1.82) is 0 Å². The first kappa shape index (κ1) is 15.6. The van der Waals surface area contributed by atoms with E-state index in [4.69, 9.17) is 0 Å². The SMILES string of the molecule is CC(=O)CCCCCC/C=C/CC1CC(=O)OC1=O. The molecule has 1 fully saturated rings. The Labute approximate surface area is 114 Å². The van der Waals surface area contributed by atoms with Gasteiger partial charge in [0, 0.05) is 6.42 Å². The zero-order valence-electron chi connectivity index (χ0n) is 11.5. The monoisotopic (exact) mass is 266 g/mol. The van der Waals surface area contributed by atoms with Gasteiger partial charge in [0.2, 0.25) is 0 Å². The molecule has 1 atom stereocenters. The molecule has 0 radical (unpaired) electrons. The summed E-state index contributed by atoms with van der Waals surface area (Å²) in [6, 6.07) is 0. The summed E-state index contributed by atoms with van der Waals surface area (Å²) in [5.74, 6) is -0.815. The molecule has 1 aliphatic heterocycles. The highest BCUT2D eigenvalue weighted by Crippen LogP contribution is 2.19. The molecule has 0 amide bonds. The number of esters is 2. The Morgan fingerprint density at radius 2 is 1.95 bits per heavy atom. The third-order valence-electron chi connectivity index (χ3n) is 3.20. The first-order valence-corrected chi connectivity index (χ1v) is 6.98. The second kappa shape index (κ2) is 8.62. The molecule has 0 saturated carbocycles. The van der Waals surface area contributed by atoms with E-state index >= 15 is 0 Å². The Bertz CT molecular complexity index is 357. The molecule has 0 aliphatic carbocycles. The maximum Gasteiger partial charge on any atom is 0.317 e. The molecule has 106 valence electrons. The molecule has 0 aromatic rings. The molecule has 4 nitrogen and oxygen atoms in total.